The standard InChI is InChI=1S/C23H19ClN4O7/c24-15-8-7-14(18(10-15)28(34)35)11-25(21(29)16-3-1-2-4-17(16)27(32)33)26-22(30)19-12-5-6-13(9-12)20(19)23(26)31/h1-4,7-8,10,12-13,19-20H,5-6,9,11H2/t12-,13-,19-,20-/m0/s1. The predicted octanol–water partition coefficient (Wildman–Crippen LogP) is 3.74. The topological polar surface area (TPSA) is 144 Å². The van der Waals surface area contributed by atoms with Gasteiger partial charge in [-0.25, -0.2) is 5.01 Å². The van der Waals surface area contributed by atoms with Crippen LogP contribution in [-0.2, 0) is 16.1 Å². The quantitative estimate of drug-likeness (QED) is 0.335. The van der Waals surface area contributed by atoms with Gasteiger partial charge in [0.1, 0.15) is 5.56 Å². The van der Waals surface area contributed by atoms with E-state index in [9.17, 15) is 34.6 Å². The van der Waals surface area contributed by atoms with Crippen molar-refractivity contribution in [2.24, 2.45) is 23.7 Å². The van der Waals surface area contributed by atoms with Gasteiger partial charge in [-0.3, -0.25) is 34.6 Å². The van der Waals surface area contributed by atoms with Crippen molar-refractivity contribution in [2.75, 3.05) is 0 Å². The zero-order valence-electron chi connectivity index (χ0n) is 18.2. The normalized spacial score (nSPS) is 24.5. The lowest BCUT2D eigenvalue weighted by Crippen LogP contribution is -2.50. The van der Waals surface area contributed by atoms with Gasteiger partial charge in [0.05, 0.1) is 33.8 Å². The first-order valence-corrected chi connectivity index (χ1v) is 11.4. The maximum Gasteiger partial charge on any atom is 0.282 e. The molecule has 4 atom stereocenters. The first-order valence-electron chi connectivity index (χ1n) is 11.0. The van der Waals surface area contributed by atoms with Crippen molar-refractivity contribution in [3.63, 3.8) is 0 Å². The van der Waals surface area contributed by atoms with Crippen LogP contribution in [0.15, 0.2) is 42.5 Å². The highest BCUT2D eigenvalue weighted by Crippen LogP contribution is 2.56. The molecule has 5 rings (SSSR count). The van der Waals surface area contributed by atoms with Crippen LogP contribution in [0.25, 0.3) is 0 Å². The van der Waals surface area contributed by atoms with Crippen molar-refractivity contribution in [3.05, 3.63) is 78.8 Å². The number of para-hydroxylation sites is 1. The molecule has 12 heteroatoms. The molecule has 3 amide bonds. The van der Waals surface area contributed by atoms with Gasteiger partial charge in [-0.15, -0.1) is 0 Å². The summed E-state index contributed by atoms with van der Waals surface area (Å²) >= 11 is 5.91. The van der Waals surface area contributed by atoms with Gasteiger partial charge in [-0.05, 0) is 49.3 Å². The highest BCUT2D eigenvalue weighted by Gasteiger charge is 2.62. The number of imide groups is 1. The molecule has 3 aliphatic rings. The van der Waals surface area contributed by atoms with Gasteiger partial charge in [-0.1, -0.05) is 23.7 Å². The molecule has 2 saturated carbocycles. The molecule has 2 aliphatic carbocycles. The second-order valence-corrected chi connectivity index (χ2v) is 9.48. The Morgan fingerprint density at radius 2 is 1.57 bits per heavy atom. The number of carbonyl (C=O) groups excluding carboxylic acids is 3. The number of carbonyl (C=O) groups is 3. The van der Waals surface area contributed by atoms with Crippen LogP contribution < -0.4 is 0 Å². The second-order valence-electron chi connectivity index (χ2n) is 9.04. The van der Waals surface area contributed by atoms with Crippen LogP contribution in [0.4, 0.5) is 11.4 Å². The molecule has 2 aromatic rings. The van der Waals surface area contributed by atoms with Gasteiger partial charge >= 0.3 is 0 Å². The first kappa shape index (κ1) is 22.9. The fourth-order valence-corrected chi connectivity index (χ4v) is 5.99. The summed E-state index contributed by atoms with van der Waals surface area (Å²) in [5.74, 6) is -3.09. The molecule has 35 heavy (non-hydrogen) atoms. The third-order valence-electron chi connectivity index (χ3n) is 7.28. The summed E-state index contributed by atoms with van der Waals surface area (Å²) in [6.45, 7) is -0.523. The van der Waals surface area contributed by atoms with Crippen LogP contribution in [-0.4, -0.2) is 37.6 Å². The van der Waals surface area contributed by atoms with E-state index in [1.807, 2.05) is 0 Å². The van der Waals surface area contributed by atoms with E-state index in [2.05, 4.69) is 0 Å². The number of nitro groups is 2. The Labute approximate surface area is 203 Å². The third-order valence-corrected chi connectivity index (χ3v) is 7.51. The van der Waals surface area contributed by atoms with Crippen molar-refractivity contribution in [3.8, 4) is 0 Å². The predicted molar refractivity (Wildman–Crippen MR) is 121 cm³/mol. The molecule has 180 valence electrons. The lowest BCUT2D eigenvalue weighted by molar-refractivity contribution is -0.385. The molecule has 0 N–H and O–H groups in total. The van der Waals surface area contributed by atoms with Crippen LogP contribution in [0.1, 0.15) is 35.2 Å². The molecule has 1 heterocycles. The molecule has 0 aromatic heterocycles. The minimum absolute atomic E-state index is 0.0203. The van der Waals surface area contributed by atoms with Gasteiger partial charge in [0.15, 0.2) is 0 Å². The second kappa shape index (κ2) is 8.42. The maximum atomic E-state index is 13.7. The van der Waals surface area contributed by atoms with Gasteiger partial charge < -0.3 is 0 Å². The van der Waals surface area contributed by atoms with Crippen molar-refractivity contribution >= 4 is 40.7 Å². The number of amides is 3. The van der Waals surface area contributed by atoms with Crippen LogP contribution in [0.5, 0.6) is 0 Å². The highest BCUT2D eigenvalue weighted by atomic mass is 35.5. The number of benzene rings is 2. The molecule has 11 nitrogen and oxygen atoms in total. The van der Waals surface area contributed by atoms with Gasteiger partial charge in [-0.2, -0.15) is 5.01 Å². The van der Waals surface area contributed by atoms with Crippen LogP contribution in [0, 0.1) is 43.9 Å². The number of nitrogens with zero attached hydrogens (tertiary/aromatic N) is 4. The monoisotopic (exact) mass is 498 g/mol. The Kier molecular flexibility index (Phi) is 5.51. The summed E-state index contributed by atoms with van der Waals surface area (Å²) in [6.07, 6.45) is 2.42. The Balaban J connectivity index is 1.60. The van der Waals surface area contributed by atoms with E-state index < -0.39 is 57.3 Å². The largest absolute Gasteiger partial charge is 0.282 e. The number of halogens is 1. The zero-order chi connectivity index (χ0) is 25.0. The average molecular weight is 499 g/mol. The van der Waals surface area contributed by atoms with E-state index in [0.717, 1.165) is 41.4 Å². The van der Waals surface area contributed by atoms with Gasteiger partial charge in [0.2, 0.25) is 0 Å². The Morgan fingerprint density at radius 1 is 0.971 bits per heavy atom. The molecule has 2 aromatic carbocycles. The summed E-state index contributed by atoms with van der Waals surface area (Å²) in [7, 11) is 0. The first-order chi connectivity index (χ1) is 16.7. The molecule has 1 aliphatic heterocycles. The minimum Gasteiger partial charge on any atom is -0.272 e. The lowest BCUT2D eigenvalue weighted by atomic mass is 9.81. The SMILES string of the molecule is O=C(c1ccccc1[N+](=O)[O-])N(Cc1ccc(Cl)cc1[N+](=O)[O-])N1C(=O)[C@H]2[C@H]3CC[C@@H](C3)[C@@H]2C1=O. The third kappa shape index (κ3) is 3.63. The summed E-state index contributed by atoms with van der Waals surface area (Å²) < 4.78 is 0. The number of fused-ring (bicyclic) bond motifs is 5. The number of rotatable bonds is 6. The molecule has 0 spiro atoms. The van der Waals surface area contributed by atoms with E-state index in [1.54, 1.807) is 0 Å². The fraction of sp³-hybridized carbons (Fsp3) is 0.348. The number of hydrazine groups is 1. The average Bonchev–Trinajstić information content (AvgIpc) is 3.52. The van der Waals surface area contributed by atoms with Crippen molar-refractivity contribution in [1.29, 1.82) is 0 Å². The Bertz CT molecular complexity index is 1270. The van der Waals surface area contributed by atoms with Crippen molar-refractivity contribution in [1.82, 2.24) is 10.0 Å². The number of nitro benzene ring substituents is 2. The molecule has 2 bridgehead atoms. The fourth-order valence-electron chi connectivity index (χ4n) is 5.82. The number of hydrogen-bond acceptors (Lipinski definition) is 7. The highest BCUT2D eigenvalue weighted by molar-refractivity contribution is 6.30. The minimum atomic E-state index is -0.976. The lowest BCUT2D eigenvalue weighted by Gasteiger charge is -2.31. The molecule has 0 unspecified atom stereocenters. The summed E-state index contributed by atoms with van der Waals surface area (Å²) in [5.41, 5.74) is -1.23. The van der Waals surface area contributed by atoms with Crippen LogP contribution >= 0.6 is 11.6 Å². The van der Waals surface area contributed by atoms with Crippen molar-refractivity contribution in [2.45, 2.75) is 25.8 Å². The molecular formula is C23H19ClN4O7. The summed E-state index contributed by atoms with van der Waals surface area (Å²) in [6, 6.07) is 8.99. The van der Waals surface area contributed by atoms with Crippen LogP contribution in [0.2, 0.25) is 5.02 Å². The van der Waals surface area contributed by atoms with Crippen LogP contribution in [0.3, 0.4) is 0 Å². The summed E-state index contributed by atoms with van der Waals surface area (Å²) in [4.78, 5) is 62.4. The summed E-state index contributed by atoms with van der Waals surface area (Å²) in [5, 5.41) is 24.9. The molecule has 0 radical (unpaired) electrons. The zero-order valence-corrected chi connectivity index (χ0v) is 19.0. The molecular weight excluding hydrogens is 480 g/mol. The Morgan fingerprint density at radius 3 is 2.17 bits per heavy atom. The van der Waals surface area contributed by atoms with E-state index in [4.69, 9.17) is 11.6 Å². The molecule has 1 saturated heterocycles. The van der Waals surface area contributed by atoms with E-state index in [0.29, 0.717) is 0 Å². The van der Waals surface area contributed by atoms with Gasteiger partial charge in [0.25, 0.3) is 29.1 Å². The molecule has 3 fully saturated rings. The van der Waals surface area contributed by atoms with E-state index >= 15 is 0 Å². The van der Waals surface area contributed by atoms with Crippen molar-refractivity contribution < 1.29 is 24.2 Å². The van der Waals surface area contributed by atoms with Gasteiger partial charge in [0, 0.05) is 17.2 Å². The number of hydrogen-bond donors (Lipinski definition) is 0. The smallest absolute Gasteiger partial charge is 0.272 e. The maximum absolute atomic E-state index is 13.7. The Hall–Kier alpha value is -3.86. The van der Waals surface area contributed by atoms with E-state index in [-0.39, 0.29) is 28.0 Å². The van der Waals surface area contributed by atoms with E-state index in [1.165, 1.54) is 30.3 Å².